The molecule has 0 saturated heterocycles. The lowest BCUT2D eigenvalue weighted by atomic mass is 10.0. The molecular weight excluding hydrogens is 270 g/mol. The Bertz CT molecular complexity index is 826. The summed E-state index contributed by atoms with van der Waals surface area (Å²) >= 11 is 6.21. The zero-order valence-corrected chi connectivity index (χ0v) is 12.3. The molecule has 2 aromatic carbocycles. The van der Waals surface area contributed by atoms with Crippen LogP contribution in [0.25, 0.3) is 21.8 Å². The molecule has 3 heteroatoms. The van der Waals surface area contributed by atoms with Gasteiger partial charge in [0.15, 0.2) is 0 Å². The minimum atomic E-state index is 0.317. The summed E-state index contributed by atoms with van der Waals surface area (Å²) < 4.78 is 0. The number of aromatic amines is 1. The summed E-state index contributed by atoms with van der Waals surface area (Å²) in [5, 5.41) is 13.0. The number of phenolic OH excluding ortho intramolecular Hbond substituents is 1. The van der Waals surface area contributed by atoms with Gasteiger partial charge in [-0.1, -0.05) is 35.4 Å². The van der Waals surface area contributed by atoms with Gasteiger partial charge in [-0.05, 0) is 38.0 Å². The molecule has 0 fully saturated rings. The number of phenols is 1. The maximum absolute atomic E-state index is 10.1. The van der Waals surface area contributed by atoms with Gasteiger partial charge in [0, 0.05) is 16.8 Å². The predicted molar refractivity (Wildman–Crippen MR) is 85.6 cm³/mol. The number of halogens is 1. The first kappa shape index (κ1) is 13.1. The summed E-state index contributed by atoms with van der Waals surface area (Å²) in [6.07, 6.45) is 2.85. The van der Waals surface area contributed by atoms with E-state index in [1.54, 1.807) is 6.07 Å². The third-order valence-electron chi connectivity index (χ3n) is 3.51. The minimum Gasteiger partial charge on any atom is -0.508 e. The number of aromatic nitrogens is 1. The van der Waals surface area contributed by atoms with Crippen LogP contribution in [0.15, 0.2) is 42.0 Å². The van der Waals surface area contributed by atoms with Crippen molar-refractivity contribution < 1.29 is 5.11 Å². The number of fused-ring (bicyclic) bond motifs is 3. The molecular formula is C17H16ClNO. The number of nitrogens with one attached hydrogen (secondary N) is 1. The first-order valence-electron chi connectivity index (χ1n) is 6.61. The molecule has 102 valence electrons. The summed E-state index contributed by atoms with van der Waals surface area (Å²) in [5.41, 5.74) is 4.00. The average molecular weight is 286 g/mol. The van der Waals surface area contributed by atoms with Gasteiger partial charge in [0.1, 0.15) is 5.75 Å². The molecule has 2 N–H and O–H groups in total. The lowest BCUT2D eigenvalue weighted by Gasteiger charge is -2.03. The van der Waals surface area contributed by atoms with Crippen molar-refractivity contribution in [1.82, 2.24) is 4.98 Å². The minimum absolute atomic E-state index is 0.317. The second-order valence-electron chi connectivity index (χ2n) is 5.30. The van der Waals surface area contributed by atoms with E-state index in [0.717, 1.165) is 33.8 Å². The molecule has 0 atom stereocenters. The fourth-order valence-electron chi connectivity index (χ4n) is 2.45. The molecule has 0 saturated carbocycles. The molecule has 3 rings (SSSR count). The van der Waals surface area contributed by atoms with Crippen LogP contribution in [-0.2, 0) is 6.42 Å². The number of benzene rings is 2. The first-order valence-corrected chi connectivity index (χ1v) is 6.99. The Kier molecular flexibility index (Phi) is 3.19. The number of hydrogen-bond donors (Lipinski definition) is 2. The van der Waals surface area contributed by atoms with Crippen LogP contribution in [0.2, 0.25) is 5.02 Å². The van der Waals surface area contributed by atoms with Gasteiger partial charge in [-0.15, -0.1) is 0 Å². The Morgan fingerprint density at radius 1 is 1.25 bits per heavy atom. The van der Waals surface area contributed by atoms with Gasteiger partial charge in [-0.3, -0.25) is 0 Å². The fourth-order valence-corrected chi connectivity index (χ4v) is 2.67. The summed E-state index contributed by atoms with van der Waals surface area (Å²) in [6, 6.07) is 9.67. The van der Waals surface area contributed by atoms with E-state index in [-0.39, 0.29) is 0 Å². The van der Waals surface area contributed by atoms with Crippen molar-refractivity contribution in [1.29, 1.82) is 0 Å². The van der Waals surface area contributed by atoms with Crippen LogP contribution in [0, 0.1) is 0 Å². The highest BCUT2D eigenvalue weighted by Gasteiger charge is 2.10. The van der Waals surface area contributed by atoms with Crippen molar-refractivity contribution >= 4 is 33.4 Å². The Labute approximate surface area is 122 Å². The molecule has 1 heterocycles. The van der Waals surface area contributed by atoms with Crippen LogP contribution in [-0.4, -0.2) is 10.1 Å². The van der Waals surface area contributed by atoms with Crippen LogP contribution in [0.1, 0.15) is 19.4 Å². The first-order chi connectivity index (χ1) is 9.56. The number of allylic oxidation sites excluding steroid dienone is 2. The number of H-pyrrole nitrogens is 1. The third kappa shape index (κ3) is 2.16. The van der Waals surface area contributed by atoms with Crippen molar-refractivity contribution in [3.05, 3.63) is 52.6 Å². The molecule has 0 bridgehead atoms. The van der Waals surface area contributed by atoms with Crippen LogP contribution in [0.3, 0.4) is 0 Å². The maximum atomic E-state index is 10.1. The number of para-hydroxylation sites is 1. The second-order valence-corrected chi connectivity index (χ2v) is 5.71. The zero-order valence-electron chi connectivity index (χ0n) is 11.5. The third-order valence-corrected chi connectivity index (χ3v) is 3.83. The molecule has 0 aliphatic carbocycles. The van der Waals surface area contributed by atoms with Crippen molar-refractivity contribution in [3.63, 3.8) is 0 Å². The molecule has 0 aliphatic heterocycles. The van der Waals surface area contributed by atoms with E-state index < -0.39 is 0 Å². The Balaban J connectivity index is 2.25. The number of rotatable bonds is 2. The van der Waals surface area contributed by atoms with E-state index in [1.807, 2.05) is 24.3 Å². The Hall–Kier alpha value is -1.93. The fraction of sp³-hybridized carbons (Fsp3) is 0.176. The highest BCUT2D eigenvalue weighted by molar-refractivity contribution is 6.36. The molecule has 2 nitrogen and oxygen atoms in total. The Morgan fingerprint density at radius 2 is 2.05 bits per heavy atom. The van der Waals surface area contributed by atoms with Gasteiger partial charge in [-0.2, -0.15) is 0 Å². The second kappa shape index (κ2) is 4.88. The largest absolute Gasteiger partial charge is 0.508 e. The van der Waals surface area contributed by atoms with Crippen molar-refractivity contribution in [2.75, 3.05) is 0 Å². The standard InChI is InChI=1S/C17H16ClNO/c1-10(2)6-7-11-8-13-12-4-3-5-14(18)17(12)19-15(13)9-16(11)20/h3-6,8-9,19-20H,7H2,1-2H3. The van der Waals surface area contributed by atoms with E-state index in [4.69, 9.17) is 11.6 Å². The summed E-state index contributed by atoms with van der Waals surface area (Å²) in [7, 11) is 0. The molecule has 1 aromatic heterocycles. The topological polar surface area (TPSA) is 36.0 Å². The van der Waals surface area contributed by atoms with Crippen molar-refractivity contribution in [2.45, 2.75) is 20.3 Å². The van der Waals surface area contributed by atoms with Crippen LogP contribution in [0.4, 0.5) is 0 Å². The molecule has 0 spiro atoms. The van der Waals surface area contributed by atoms with Crippen LogP contribution < -0.4 is 0 Å². The average Bonchev–Trinajstić information content (AvgIpc) is 2.75. The molecule has 3 aromatic rings. The molecule has 0 unspecified atom stereocenters. The van der Waals surface area contributed by atoms with Crippen LogP contribution >= 0.6 is 11.6 Å². The van der Waals surface area contributed by atoms with E-state index in [1.165, 1.54) is 5.57 Å². The van der Waals surface area contributed by atoms with Crippen molar-refractivity contribution in [3.8, 4) is 5.75 Å². The number of aromatic hydroxyl groups is 1. The molecule has 0 radical (unpaired) electrons. The Morgan fingerprint density at radius 3 is 2.80 bits per heavy atom. The summed E-state index contributed by atoms with van der Waals surface area (Å²) in [5.74, 6) is 0.317. The summed E-state index contributed by atoms with van der Waals surface area (Å²) in [6.45, 7) is 4.11. The lowest BCUT2D eigenvalue weighted by molar-refractivity contribution is 0.470. The van der Waals surface area contributed by atoms with E-state index in [9.17, 15) is 5.11 Å². The SMILES string of the molecule is CC(C)=CCc1cc2c(cc1O)[nH]c1c(Cl)cccc12. The van der Waals surface area contributed by atoms with Gasteiger partial charge < -0.3 is 10.1 Å². The van der Waals surface area contributed by atoms with Gasteiger partial charge in [0.05, 0.1) is 16.1 Å². The lowest BCUT2D eigenvalue weighted by Crippen LogP contribution is -1.84. The molecule has 20 heavy (non-hydrogen) atoms. The smallest absolute Gasteiger partial charge is 0.121 e. The molecule has 0 aliphatic rings. The zero-order chi connectivity index (χ0) is 14.3. The number of hydrogen-bond acceptors (Lipinski definition) is 1. The molecule has 0 amide bonds. The van der Waals surface area contributed by atoms with Crippen LogP contribution in [0.5, 0.6) is 5.75 Å². The van der Waals surface area contributed by atoms with Crippen molar-refractivity contribution in [2.24, 2.45) is 0 Å². The van der Waals surface area contributed by atoms with E-state index in [0.29, 0.717) is 10.8 Å². The quantitative estimate of drug-likeness (QED) is 0.625. The van der Waals surface area contributed by atoms with Gasteiger partial charge >= 0.3 is 0 Å². The van der Waals surface area contributed by atoms with Gasteiger partial charge in [0.2, 0.25) is 0 Å². The normalized spacial score (nSPS) is 11.2. The predicted octanol–water partition coefficient (Wildman–Crippen LogP) is 5.19. The van der Waals surface area contributed by atoms with Gasteiger partial charge in [0.25, 0.3) is 0 Å². The highest BCUT2D eigenvalue weighted by atomic mass is 35.5. The van der Waals surface area contributed by atoms with E-state index in [2.05, 4.69) is 24.9 Å². The monoisotopic (exact) mass is 285 g/mol. The van der Waals surface area contributed by atoms with E-state index >= 15 is 0 Å². The van der Waals surface area contributed by atoms with Gasteiger partial charge in [-0.25, -0.2) is 0 Å². The summed E-state index contributed by atoms with van der Waals surface area (Å²) in [4.78, 5) is 3.27. The highest BCUT2D eigenvalue weighted by Crippen LogP contribution is 2.34. The maximum Gasteiger partial charge on any atom is 0.121 e.